The minimum atomic E-state index is -1.29. The van der Waals surface area contributed by atoms with Crippen molar-refractivity contribution in [3.63, 3.8) is 0 Å². The van der Waals surface area contributed by atoms with Crippen LogP contribution in [0.2, 0.25) is 0 Å². The quantitative estimate of drug-likeness (QED) is 0.793. The van der Waals surface area contributed by atoms with Gasteiger partial charge < -0.3 is 15.7 Å². The third-order valence-electron chi connectivity index (χ3n) is 3.29. The number of aromatic carboxylic acids is 1. The highest BCUT2D eigenvalue weighted by Gasteiger charge is 2.18. The van der Waals surface area contributed by atoms with Crippen LogP contribution in [-0.4, -0.2) is 24.2 Å². The fourth-order valence-electron chi connectivity index (χ4n) is 2.33. The van der Waals surface area contributed by atoms with Crippen molar-refractivity contribution in [3.8, 4) is 0 Å². The number of hydrogen-bond donors (Lipinski definition) is 2. The molecular weight excluding hydrogens is 235 g/mol. The maximum Gasteiger partial charge on any atom is 0.338 e. The van der Waals surface area contributed by atoms with Gasteiger partial charge in [0, 0.05) is 19.2 Å². The van der Waals surface area contributed by atoms with Crippen LogP contribution < -0.4 is 10.6 Å². The number of halogens is 1. The van der Waals surface area contributed by atoms with Crippen molar-refractivity contribution in [3.05, 3.63) is 23.5 Å². The highest BCUT2D eigenvalue weighted by Crippen LogP contribution is 2.28. The molecule has 0 aliphatic carbocycles. The van der Waals surface area contributed by atoms with Gasteiger partial charge in [-0.2, -0.15) is 0 Å². The first-order valence-electron chi connectivity index (χ1n) is 6.17. The van der Waals surface area contributed by atoms with E-state index in [1.165, 1.54) is 25.0 Å². The molecule has 2 rings (SSSR count). The third kappa shape index (κ3) is 2.55. The Labute approximate surface area is 105 Å². The van der Waals surface area contributed by atoms with Crippen molar-refractivity contribution in [2.45, 2.75) is 25.7 Å². The Kier molecular flexibility index (Phi) is 3.69. The molecule has 98 valence electrons. The summed E-state index contributed by atoms with van der Waals surface area (Å²) in [5.74, 6) is -2.02. The smallest absolute Gasteiger partial charge is 0.338 e. The molecule has 5 heteroatoms. The number of hydrogen-bond acceptors (Lipinski definition) is 3. The van der Waals surface area contributed by atoms with E-state index in [2.05, 4.69) is 0 Å². The summed E-state index contributed by atoms with van der Waals surface area (Å²) < 4.78 is 13.7. The highest BCUT2D eigenvalue weighted by molar-refractivity contribution is 5.90. The highest BCUT2D eigenvalue weighted by atomic mass is 19.1. The fourth-order valence-corrected chi connectivity index (χ4v) is 2.33. The van der Waals surface area contributed by atoms with E-state index in [1.54, 1.807) is 0 Å². The lowest BCUT2D eigenvalue weighted by Crippen LogP contribution is -2.25. The maximum absolute atomic E-state index is 13.7. The van der Waals surface area contributed by atoms with Crippen LogP contribution in [-0.2, 0) is 0 Å². The van der Waals surface area contributed by atoms with Crippen LogP contribution in [0, 0.1) is 5.82 Å². The van der Waals surface area contributed by atoms with Crippen LogP contribution in [0.1, 0.15) is 36.0 Å². The Morgan fingerprint density at radius 3 is 2.39 bits per heavy atom. The predicted octanol–water partition coefficient (Wildman–Crippen LogP) is 2.49. The number of carbonyl (C=O) groups is 1. The minimum Gasteiger partial charge on any atom is -0.478 e. The molecule has 1 aliphatic heterocycles. The standard InChI is InChI=1S/C13H17FN2O2/c14-10-8-12(11(15)7-9(10)13(17)18)16-5-3-1-2-4-6-16/h7-8H,1-6,15H2,(H,17,18). The molecule has 1 aliphatic rings. The van der Waals surface area contributed by atoms with Crippen LogP contribution in [0.4, 0.5) is 15.8 Å². The summed E-state index contributed by atoms with van der Waals surface area (Å²) in [6.07, 6.45) is 4.46. The number of rotatable bonds is 2. The number of benzene rings is 1. The van der Waals surface area contributed by atoms with E-state index >= 15 is 0 Å². The van der Waals surface area contributed by atoms with E-state index < -0.39 is 11.8 Å². The molecule has 0 spiro atoms. The van der Waals surface area contributed by atoms with Crippen molar-refractivity contribution in [1.82, 2.24) is 0 Å². The Balaban J connectivity index is 2.33. The van der Waals surface area contributed by atoms with Crippen LogP contribution in [0.3, 0.4) is 0 Å². The van der Waals surface area contributed by atoms with Gasteiger partial charge in [-0.05, 0) is 18.9 Å². The van der Waals surface area contributed by atoms with Crippen molar-refractivity contribution in [2.75, 3.05) is 23.7 Å². The van der Waals surface area contributed by atoms with Crippen LogP contribution in [0.25, 0.3) is 0 Å². The molecular formula is C13H17FN2O2. The molecule has 1 fully saturated rings. The lowest BCUT2D eigenvalue weighted by atomic mass is 10.1. The third-order valence-corrected chi connectivity index (χ3v) is 3.29. The van der Waals surface area contributed by atoms with Crippen molar-refractivity contribution in [2.24, 2.45) is 0 Å². The van der Waals surface area contributed by atoms with Crippen molar-refractivity contribution < 1.29 is 14.3 Å². The summed E-state index contributed by atoms with van der Waals surface area (Å²) >= 11 is 0. The second kappa shape index (κ2) is 5.25. The number of carboxylic acid groups (broad SMARTS) is 1. The van der Waals surface area contributed by atoms with E-state index in [4.69, 9.17) is 10.8 Å². The van der Waals surface area contributed by atoms with Gasteiger partial charge in [0.1, 0.15) is 5.82 Å². The molecule has 0 unspecified atom stereocenters. The van der Waals surface area contributed by atoms with Crippen LogP contribution in [0.5, 0.6) is 0 Å². The summed E-state index contributed by atoms with van der Waals surface area (Å²) in [5, 5.41) is 8.83. The zero-order valence-electron chi connectivity index (χ0n) is 10.2. The summed E-state index contributed by atoms with van der Waals surface area (Å²) in [4.78, 5) is 12.8. The molecule has 0 radical (unpaired) electrons. The van der Waals surface area contributed by atoms with Gasteiger partial charge in [-0.3, -0.25) is 0 Å². The molecule has 0 aromatic heterocycles. The van der Waals surface area contributed by atoms with Gasteiger partial charge in [-0.15, -0.1) is 0 Å². The monoisotopic (exact) mass is 252 g/mol. The Hall–Kier alpha value is -1.78. The molecule has 0 atom stereocenters. The van der Waals surface area contributed by atoms with Gasteiger partial charge in [-0.1, -0.05) is 12.8 Å². The summed E-state index contributed by atoms with van der Waals surface area (Å²) in [7, 11) is 0. The summed E-state index contributed by atoms with van der Waals surface area (Å²) in [5.41, 5.74) is 6.41. The van der Waals surface area contributed by atoms with Crippen LogP contribution in [0.15, 0.2) is 12.1 Å². The molecule has 1 aromatic rings. The van der Waals surface area contributed by atoms with Gasteiger partial charge in [0.2, 0.25) is 0 Å². The van der Waals surface area contributed by atoms with Gasteiger partial charge in [-0.25, -0.2) is 9.18 Å². The first-order valence-corrected chi connectivity index (χ1v) is 6.17. The molecule has 0 saturated carbocycles. The first-order chi connectivity index (χ1) is 8.59. The molecule has 4 nitrogen and oxygen atoms in total. The van der Waals surface area contributed by atoms with E-state index in [0.29, 0.717) is 11.4 Å². The summed E-state index contributed by atoms with van der Waals surface area (Å²) in [6, 6.07) is 2.45. The number of nitrogens with two attached hydrogens (primary N) is 1. The molecule has 1 saturated heterocycles. The van der Waals surface area contributed by atoms with Gasteiger partial charge in [0.05, 0.1) is 16.9 Å². The van der Waals surface area contributed by atoms with Crippen LogP contribution >= 0.6 is 0 Å². The molecule has 3 N–H and O–H groups in total. The van der Waals surface area contributed by atoms with E-state index in [0.717, 1.165) is 25.9 Å². The van der Waals surface area contributed by atoms with E-state index in [9.17, 15) is 9.18 Å². The molecule has 18 heavy (non-hydrogen) atoms. The normalized spacial score (nSPS) is 16.4. The predicted molar refractivity (Wildman–Crippen MR) is 68.5 cm³/mol. The summed E-state index contributed by atoms with van der Waals surface area (Å²) in [6.45, 7) is 1.69. The average molecular weight is 252 g/mol. The van der Waals surface area contributed by atoms with Gasteiger partial charge >= 0.3 is 5.97 Å². The van der Waals surface area contributed by atoms with Crippen molar-refractivity contribution >= 4 is 17.3 Å². The number of carboxylic acids is 1. The van der Waals surface area contributed by atoms with Gasteiger partial charge in [0.15, 0.2) is 0 Å². The fraction of sp³-hybridized carbons (Fsp3) is 0.462. The topological polar surface area (TPSA) is 66.6 Å². The Bertz CT molecular complexity index is 455. The molecule has 1 aromatic carbocycles. The number of anilines is 2. The Morgan fingerprint density at radius 1 is 1.22 bits per heavy atom. The SMILES string of the molecule is Nc1cc(C(=O)O)c(F)cc1N1CCCCCC1. The lowest BCUT2D eigenvalue weighted by Gasteiger charge is -2.24. The average Bonchev–Trinajstić information content (AvgIpc) is 2.60. The van der Waals surface area contributed by atoms with Gasteiger partial charge in [0.25, 0.3) is 0 Å². The molecule has 0 bridgehead atoms. The van der Waals surface area contributed by atoms with E-state index in [-0.39, 0.29) is 5.56 Å². The van der Waals surface area contributed by atoms with E-state index in [1.807, 2.05) is 4.90 Å². The lowest BCUT2D eigenvalue weighted by molar-refractivity contribution is 0.0692. The largest absolute Gasteiger partial charge is 0.478 e. The molecule has 0 amide bonds. The zero-order valence-corrected chi connectivity index (χ0v) is 10.2. The first kappa shape index (κ1) is 12.7. The minimum absolute atomic E-state index is 0.329. The van der Waals surface area contributed by atoms with Crippen molar-refractivity contribution in [1.29, 1.82) is 0 Å². The zero-order chi connectivity index (χ0) is 13.1. The number of nitrogens with zero attached hydrogens (tertiary/aromatic N) is 1. The number of nitrogen functional groups attached to an aromatic ring is 1. The Morgan fingerprint density at radius 2 is 1.83 bits per heavy atom. The second-order valence-corrected chi connectivity index (χ2v) is 4.60. The second-order valence-electron chi connectivity index (χ2n) is 4.60. The maximum atomic E-state index is 13.7. The molecule has 1 heterocycles.